The van der Waals surface area contributed by atoms with E-state index in [4.69, 9.17) is 0 Å². The number of nitrogens with zero attached hydrogens (tertiary/aromatic N) is 5. The normalized spacial score (nSPS) is 12.6. The lowest BCUT2D eigenvalue weighted by Gasteiger charge is -2.12. The number of pyridine rings is 1. The number of aryl methyl sites for hydroxylation is 1. The first kappa shape index (κ1) is 16.6. The number of halogens is 3. The molecule has 0 radical (unpaired) electrons. The van der Waals surface area contributed by atoms with Crippen LogP contribution < -0.4 is 0 Å². The molecule has 0 amide bonds. The van der Waals surface area contributed by atoms with Crippen LogP contribution in [0.2, 0.25) is 0 Å². The standard InChI is InChI=1S/C18H16F3N5/c1-10(2)13-7-14-23-17(18(19,20)21)24-25(14)15(8-13)26-16-11(3)5-4-6-12(16)9-22-26/h4-10H,1-3H3. The molecular formula is C18H16F3N5. The summed E-state index contributed by atoms with van der Waals surface area (Å²) in [5.41, 5.74) is 2.82. The van der Waals surface area contributed by atoms with Crippen LogP contribution in [-0.2, 0) is 6.18 Å². The van der Waals surface area contributed by atoms with Crippen molar-refractivity contribution in [1.82, 2.24) is 24.4 Å². The van der Waals surface area contributed by atoms with Crippen molar-refractivity contribution in [3.63, 3.8) is 0 Å². The third-order valence-electron chi connectivity index (χ3n) is 4.37. The van der Waals surface area contributed by atoms with Crippen LogP contribution in [0.15, 0.2) is 36.5 Å². The van der Waals surface area contributed by atoms with Gasteiger partial charge in [0, 0.05) is 5.39 Å². The zero-order valence-electron chi connectivity index (χ0n) is 14.4. The van der Waals surface area contributed by atoms with Crippen molar-refractivity contribution >= 4 is 16.6 Å². The number of benzene rings is 1. The Bertz CT molecular complexity index is 1120. The molecule has 0 aliphatic heterocycles. The van der Waals surface area contributed by atoms with Crippen molar-refractivity contribution in [2.24, 2.45) is 0 Å². The maximum atomic E-state index is 13.1. The molecular weight excluding hydrogens is 343 g/mol. The molecule has 0 atom stereocenters. The van der Waals surface area contributed by atoms with Crippen molar-refractivity contribution in [3.05, 3.63) is 53.5 Å². The Morgan fingerprint density at radius 2 is 1.88 bits per heavy atom. The highest BCUT2D eigenvalue weighted by molar-refractivity contribution is 5.83. The molecule has 0 saturated carbocycles. The molecule has 0 unspecified atom stereocenters. The van der Waals surface area contributed by atoms with E-state index in [0.29, 0.717) is 5.82 Å². The molecule has 8 heteroatoms. The molecule has 4 aromatic rings. The van der Waals surface area contributed by atoms with E-state index in [1.165, 1.54) is 4.52 Å². The van der Waals surface area contributed by atoms with Gasteiger partial charge in [0.25, 0.3) is 5.82 Å². The van der Waals surface area contributed by atoms with Crippen LogP contribution in [0, 0.1) is 6.92 Å². The van der Waals surface area contributed by atoms with Crippen molar-refractivity contribution in [2.45, 2.75) is 32.9 Å². The summed E-state index contributed by atoms with van der Waals surface area (Å²) in [4.78, 5) is 3.69. The van der Waals surface area contributed by atoms with E-state index in [2.05, 4.69) is 15.2 Å². The second-order valence-electron chi connectivity index (χ2n) is 6.57. The van der Waals surface area contributed by atoms with Gasteiger partial charge < -0.3 is 0 Å². The lowest BCUT2D eigenvalue weighted by Crippen LogP contribution is -2.10. The fourth-order valence-electron chi connectivity index (χ4n) is 3.02. The Labute approximate surface area is 147 Å². The molecule has 3 aromatic heterocycles. The summed E-state index contributed by atoms with van der Waals surface area (Å²) in [7, 11) is 0. The molecule has 3 heterocycles. The monoisotopic (exact) mass is 359 g/mol. The van der Waals surface area contributed by atoms with Gasteiger partial charge in [-0.15, -0.1) is 5.10 Å². The molecule has 0 N–H and O–H groups in total. The molecule has 0 bridgehead atoms. The summed E-state index contributed by atoms with van der Waals surface area (Å²) < 4.78 is 42.2. The minimum atomic E-state index is -4.61. The fourth-order valence-corrected chi connectivity index (χ4v) is 3.02. The molecule has 4 rings (SSSR count). The molecule has 134 valence electrons. The maximum Gasteiger partial charge on any atom is 0.453 e. The van der Waals surface area contributed by atoms with Gasteiger partial charge in [0.1, 0.15) is 0 Å². The molecule has 26 heavy (non-hydrogen) atoms. The minimum absolute atomic E-state index is 0.118. The Morgan fingerprint density at radius 1 is 1.12 bits per heavy atom. The highest BCUT2D eigenvalue weighted by Gasteiger charge is 2.36. The average Bonchev–Trinajstić information content (AvgIpc) is 3.18. The largest absolute Gasteiger partial charge is 0.453 e. The quantitative estimate of drug-likeness (QED) is 0.529. The number of para-hydroxylation sites is 1. The SMILES string of the molecule is Cc1cccc2cnn(-c3cc(C(C)C)cc4nc(C(F)(F)F)nn34)c12. The zero-order valence-corrected chi connectivity index (χ0v) is 14.4. The summed E-state index contributed by atoms with van der Waals surface area (Å²) in [6.45, 7) is 5.89. The van der Waals surface area contributed by atoms with E-state index in [1.54, 1.807) is 16.9 Å². The van der Waals surface area contributed by atoms with Gasteiger partial charge in [-0.1, -0.05) is 32.0 Å². The number of alkyl halides is 3. The van der Waals surface area contributed by atoms with Crippen molar-refractivity contribution in [3.8, 4) is 5.82 Å². The van der Waals surface area contributed by atoms with Gasteiger partial charge in [-0.3, -0.25) is 0 Å². The number of fused-ring (bicyclic) bond motifs is 2. The van der Waals surface area contributed by atoms with Crippen LogP contribution in [0.25, 0.3) is 22.4 Å². The lowest BCUT2D eigenvalue weighted by atomic mass is 10.0. The minimum Gasteiger partial charge on any atom is -0.214 e. The zero-order chi connectivity index (χ0) is 18.6. The number of hydrogen-bond donors (Lipinski definition) is 0. The predicted molar refractivity (Wildman–Crippen MR) is 91.4 cm³/mol. The van der Waals surface area contributed by atoms with Crippen molar-refractivity contribution in [1.29, 1.82) is 0 Å². The second kappa shape index (κ2) is 5.55. The summed E-state index contributed by atoms with van der Waals surface area (Å²) >= 11 is 0. The topological polar surface area (TPSA) is 48.0 Å². The summed E-state index contributed by atoms with van der Waals surface area (Å²) in [6, 6.07) is 9.21. The first-order chi connectivity index (χ1) is 12.3. The van der Waals surface area contributed by atoms with Gasteiger partial charge in [-0.2, -0.15) is 22.8 Å². The smallest absolute Gasteiger partial charge is 0.214 e. The predicted octanol–water partition coefficient (Wildman–Crippen LogP) is 4.52. The number of rotatable bonds is 2. The molecule has 5 nitrogen and oxygen atoms in total. The van der Waals surface area contributed by atoms with Gasteiger partial charge in [0.15, 0.2) is 11.5 Å². The molecule has 0 aliphatic rings. The summed E-state index contributed by atoms with van der Waals surface area (Å²) in [6.07, 6.45) is -2.92. The van der Waals surface area contributed by atoms with E-state index in [-0.39, 0.29) is 11.6 Å². The Balaban J connectivity index is 2.08. The Morgan fingerprint density at radius 3 is 2.58 bits per heavy atom. The molecule has 0 saturated heterocycles. The van der Waals surface area contributed by atoms with Gasteiger partial charge >= 0.3 is 6.18 Å². The summed E-state index contributed by atoms with van der Waals surface area (Å²) in [5, 5.41) is 9.00. The molecule has 0 aliphatic carbocycles. The number of aromatic nitrogens is 5. The van der Waals surface area contributed by atoms with Gasteiger partial charge in [-0.05, 0) is 36.1 Å². The van der Waals surface area contributed by atoms with Crippen LogP contribution in [0.3, 0.4) is 0 Å². The first-order valence-corrected chi connectivity index (χ1v) is 8.17. The fraction of sp³-hybridized carbons (Fsp3) is 0.278. The second-order valence-corrected chi connectivity index (χ2v) is 6.57. The highest BCUT2D eigenvalue weighted by atomic mass is 19.4. The summed E-state index contributed by atoms with van der Waals surface area (Å²) in [5.74, 6) is -0.612. The average molecular weight is 359 g/mol. The van der Waals surface area contributed by atoms with E-state index < -0.39 is 12.0 Å². The van der Waals surface area contributed by atoms with Gasteiger partial charge in [0.2, 0.25) is 0 Å². The molecule has 0 spiro atoms. The van der Waals surface area contributed by atoms with Crippen molar-refractivity contribution < 1.29 is 13.2 Å². The third kappa shape index (κ3) is 2.53. The molecule has 1 aromatic carbocycles. The highest BCUT2D eigenvalue weighted by Crippen LogP contribution is 2.29. The lowest BCUT2D eigenvalue weighted by molar-refractivity contribution is -0.144. The van der Waals surface area contributed by atoms with Crippen LogP contribution >= 0.6 is 0 Å². The van der Waals surface area contributed by atoms with Crippen LogP contribution in [0.5, 0.6) is 0 Å². The van der Waals surface area contributed by atoms with Crippen LogP contribution in [0.4, 0.5) is 13.2 Å². The van der Waals surface area contributed by atoms with Crippen LogP contribution in [0.1, 0.15) is 36.7 Å². The Hall–Kier alpha value is -2.90. The van der Waals surface area contributed by atoms with Gasteiger partial charge in [0.05, 0.1) is 11.7 Å². The molecule has 0 fully saturated rings. The van der Waals surface area contributed by atoms with E-state index in [1.807, 2.05) is 45.0 Å². The third-order valence-corrected chi connectivity index (χ3v) is 4.37. The van der Waals surface area contributed by atoms with E-state index >= 15 is 0 Å². The Kier molecular flexibility index (Phi) is 3.54. The van der Waals surface area contributed by atoms with Crippen LogP contribution in [-0.4, -0.2) is 24.4 Å². The number of hydrogen-bond acceptors (Lipinski definition) is 3. The van der Waals surface area contributed by atoms with E-state index in [9.17, 15) is 13.2 Å². The maximum absolute atomic E-state index is 13.1. The van der Waals surface area contributed by atoms with Gasteiger partial charge in [-0.25, -0.2) is 9.67 Å². The van der Waals surface area contributed by atoms with E-state index in [0.717, 1.165) is 22.0 Å². The first-order valence-electron chi connectivity index (χ1n) is 8.17. The van der Waals surface area contributed by atoms with Crippen molar-refractivity contribution in [2.75, 3.05) is 0 Å².